The van der Waals surface area contributed by atoms with E-state index < -0.39 is 23.6 Å². The van der Waals surface area contributed by atoms with Crippen LogP contribution in [0, 0.1) is 17.0 Å². The minimum atomic E-state index is -1.17. The molecule has 1 amide bonds. The van der Waals surface area contributed by atoms with Crippen molar-refractivity contribution in [1.29, 1.82) is 5.41 Å². The van der Waals surface area contributed by atoms with Crippen molar-refractivity contribution in [2.24, 2.45) is 5.73 Å². The van der Waals surface area contributed by atoms with Gasteiger partial charge in [0.2, 0.25) is 0 Å². The van der Waals surface area contributed by atoms with E-state index in [2.05, 4.69) is 5.32 Å². The molecule has 3 aromatic rings. The predicted octanol–water partition coefficient (Wildman–Crippen LogP) is 4.44. The molecule has 178 valence electrons. The molecule has 0 aromatic heterocycles. The van der Waals surface area contributed by atoms with Crippen molar-refractivity contribution >= 4 is 11.7 Å². The van der Waals surface area contributed by atoms with Crippen molar-refractivity contribution in [2.75, 3.05) is 13.7 Å². The van der Waals surface area contributed by atoms with Crippen LogP contribution in [0.1, 0.15) is 29.7 Å². The number of methoxy groups -OCH3 is 1. The number of halogens is 2. The van der Waals surface area contributed by atoms with E-state index in [1.54, 1.807) is 31.2 Å². The number of benzene rings is 3. The lowest BCUT2D eigenvalue weighted by molar-refractivity contribution is -0.133. The van der Waals surface area contributed by atoms with Gasteiger partial charge in [-0.25, -0.2) is 8.78 Å². The minimum absolute atomic E-state index is 0.0227. The maximum atomic E-state index is 14.6. The summed E-state index contributed by atoms with van der Waals surface area (Å²) in [6.07, 6.45) is -1.17. The van der Waals surface area contributed by atoms with Gasteiger partial charge in [0.25, 0.3) is 5.91 Å². The molecule has 0 aliphatic heterocycles. The molecule has 0 spiro atoms. The SMILES string of the molecule is CCO[C@H](C(=O)NCc1ccc(C(=N)N)cc1Oc1ccc(F)cc1)c1ccc(OC)cc1F. The van der Waals surface area contributed by atoms with Gasteiger partial charge in [-0.1, -0.05) is 12.1 Å². The Bertz CT molecular complexity index is 1170. The molecule has 0 aliphatic rings. The molecule has 0 bridgehead atoms. The zero-order valence-corrected chi connectivity index (χ0v) is 18.7. The molecule has 9 heteroatoms. The summed E-state index contributed by atoms with van der Waals surface area (Å²) in [4.78, 5) is 12.9. The average molecular weight is 469 g/mol. The molecule has 0 heterocycles. The fourth-order valence-corrected chi connectivity index (χ4v) is 3.19. The van der Waals surface area contributed by atoms with Crippen LogP contribution in [0.15, 0.2) is 60.7 Å². The molecule has 0 saturated carbocycles. The molecule has 0 radical (unpaired) electrons. The Balaban J connectivity index is 1.82. The molecule has 4 N–H and O–H groups in total. The summed E-state index contributed by atoms with van der Waals surface area (Å²) < 4.78 is 44.2. The average Bonchev–Trinajstić information content (AvgIpc) is 2.83. The summed E-state index contributed by atoms with van der Waals surface area (Å²) in [6.45, 7) is 1.92. The monoisotopic (exact) mass is 469 g/mol. The van der Waals surface area contributed by atoms with Crippen molar-refractivity contribution in [3.05, 3.63) is 89.0 Å². The van der Waals surface area contributed by atoms with E-state index >= 15 is 0 Å². The minimum Gasteiger partial charge on any atom is -0.497 e. The summed E-state index contributed by atoms with van der Waals surface area (Å²) in [5.74, 6) is -0.736. The van der Waals surface area contributed by atoms with Crippen LogP contribution in [0.5, 0.6) is 17.2 Å². The first kappa shape index (κ1) is 24.7. The Kier molecular flexibility index (Phi) is 8.15. The number of amidine groups is 1. The van der Waals surface area contributed by atoms with E-state index in [0.29, 0.717) is 28.4 Å². The van der Waals surface area contributed by atoms with Gasteiger partial charge < -0.3 is 25.3 Å². The van der Waals surface area contributed by atoms with E-state index in [9.17, 15) is 13.6 Å². The van der Waals surface area contributed by atoms with Crippen molar-refractivity contribution in [3.63, 3.8) is 0 Å². The number of carbonyl (C=O) groups excluding carboxylic acids is 1. The first-order valence-corrected chi connectivity index (χ1v) is 10.5. The first-order valence-electron chi connectivity index (χ1n) is 10.5. The second kappa shape index (κ2) is 11.2. The second-order valence-electron chi connectivity index (χ2n) is 7.23. The standard InChI is InChI=1S/C25H25F2N3O4/c1-3-33-23(20-11-10-19(32-2)13-21(20)27)25(31)30-14-16-5-4-15(24(28)29)12-22(16)34-18-8-6-17(26)7-9-18/h4-13,23H,3,14H2,1-2H3,(H3,28,29)(H,30,31)/t23-/m0/s1. The zero-order chi connectivity index (χ0) is 24.7. The largest absolute Gasteiger partial charge is 0.497 e. The summed E-state index contributed by atoms with van der Waals surface area (Å²) in [7, 11) is 1.42. The van der Waals surface area contributed by atoms with E-state index in [1.165, 1.54) is 43.5 Å². The lowest BCUT2D eigenvalue weighted by Crippen LogP contribution is -2.31. The first-order chi connectivity index (χ1) is 16.3. The maximum Gasteiger partial charge on any atom is 0.254 e. The number of rotatable bonds is 10. The van der Waals surface area contributed by atoms with Gasteiger partial charge in [-0.15, -0.1) is 0 Å². The topological polar surface area (TPSA) is 107 Å². The number of hydrogen-bond acceptors (Lipinski definition) is 5. The molecular formula is C25H25F2N3O4. The highest BCUT2D eigenvalue weighted by Gasteiger charge is 2.25. The van der Waals surface area contributed by atoms with Gasteiger partial charge in [-0.2, -0.15) is 0 Å². The maximum absolute atomic E-state index is 14.6. The molecule has 0 saturated heterocycles. The smallest absolute Gasteiger partial charge is 0.254 e. The van der Waals surface area contributed by atoms with Gasteiger partial charge in [0, 0.05) is 35.9 Å². The summed E-state index contributed by atoms with van der Waals surface area (Å²) in [5, 5.41) is 10.4. The van der Waals surface area contributed by atoms with Crippen LogP contribution in [0.25, 0.3) is 0 Å². The highest BCUT2D eigenvalue weighted by molar-refractivity contribution is 5.95. The fraction of sp³-hybridized carbons (Fsp3) is 0.200. The van der Waals surface area contributed by atoms with E-state index in [-0.39, 0.29) is 24.6 Å². The lowest BCUT2D eigenvalue weighted by atomic mass is 10.1. The Morgan fingerprint density at radius 3 is 2.38 bits per heavy atom. The quantitative estimate of drug-likeness (QED) is 0.301. The number of amides is 1. The van der Waals surface area contributed by atoms with Gasteiger partial charge in [0.15, 0.2) is 6.10 Å². The van der Waals surface area contributed by atoms with Gasteiger partial charge in [0.05, 0.1) is 7.11 Å². The third kappa shape index (κ3) is 6.08. The molecule has 0 aliphatic carbocycles. The van der Waals surface area contributed by atoms with Gasteiger partial charge in [-0.05, 0) is 49.4 Å². The highest BCUT2D eigenvalue weighted by atomic mass is 19.1. The third-order valence-corrected chi connectivity index (χ3v) is 4.93. The number of ether oxygens (including phenoxy) is 3. The number of carbonyl (C=O) groups is 1. The highest BCUT2D eigenvalue weighted by Crippen LogP contribution is 2.28. The molecule has 7 nitrogen and oxygen atoms in total. The Labute approximate surface area is 196 Å². The molecule has 34 heavy (non-hydrogen) atoms. The Hall–Kier alpha value is -3.98. The molecule has 0 fully saturated rings. The third-order valence-electron chi connectivity index (χ3n) is 4.93. The molecule has 0 unspecified atom stereocenters. The van der Waals surface area contributed by atoms with Gasteiger partial charge >= 0.3 is 0 Å². The fourth-order valence-electron chi connectivity index (χ4n) is 3.19. The Morgan fingerprint density at radius 2 is 1.76 bits per heavy atom. The molecular weight excluding hydrogens is 444 g/mol. The van der Waals surface area contributed by atoms with Crippen molar-refractivity contribution in [2.45, 2.75) is 19.6 Å². The Morgan fingerprint density at radius 1 is 1.06 bits per heavy atom. The van der Waals surface area contributed by atoms with Crippen LogP contribution in [-0.4, -0.2) is 25.5 Å². The molecule has 1 atom stereocenters. The summed E-state index contributed by atoms with van der Waals surface area (Å²) >= 11 is 0. The summed E-state index contributed by atoms with van der Waals surface area (Å²) in [6, 6.07) is 14.4. The zero-order valence-electron chi connectivity index (χ0n) is 18.7. The van der Waals surface area contributed by atoms with Crippen LogP contribution in [-0.2, 0) is 16.1 Å². The van der Waals surface area contributed by atoms with Crippen molar-refractivity contribution < 1.29 is 27.8 Å². The van der Waals surface area contributed by atoms with Crippen molar-refractivity contribution in [1.82, 2.24) is 5.32 Å². The number of nitrogens with two attached hydrogens (primary N) is 1. The van der Waals surface area contributed by atoms with Crippen LogP contribution in [0.2, 0.25) is 0 Å². The summed E-state index contributed by atoms with van der Waals surface area (Å²) in [5.41, 5.74) is 6.65. The predicted molar refractivity (Wildman–Crippen MR) is 123 cm³/mol. The van der Waals surface area contributed by atoms with E-state index in [4.69, 9.17) is 25.4 Å². The van der Waals surface area contributed by atoms with E-state index in [1.807, 2.05) is 0 Å². The van der Waals surface area contributed by atoms with Gasteiger partial charge in [0.1, 0.15) is 34.7 Å². The normalized spacial score (nSPS) is 11.5. The van der Waals surface area contributed by atoms with Crippen LogP contribution in [0.4, 0.5) is 8.78 Å². The van der Waals surface area contributed by atoms with Crippen LogP contribution >= 0.6 is 0 Å². The van der Waals surface area contributed by atoms with Crippen LogP contribution < -0.4 is 20.5 Å². The number of hydrogen-bond donors (Lipinski definition) is 3. The van der Waals surface area contributed by atoms with E-state index in [0.717, 1.165) is 0 Å². The molecule has 3 rings (SSSR count). The second-order valence-corrected chi connectivity index (χ2v) is 7.23. The van der Waals surface area contributed by atoms with Crippen molar-refractivity contribution in [3.8, 4) is 17.2 Å². The van der Waals surface area contributed by atoms with Crippen LogP contribution in [0.3, 0.4) is 0 Å². The number of nitrogen functional groups attached to an aromatic ring is 1. The number of nitrogens with one attached hydrogen (secondary N) is 2. The molecule has 3 aromatic carbocycles. The van der Waals surface area contributed by atoms with Gasteiger partial charge in [-0.3, -0.25) is 10.2 Å². The lowest BCUT2D eigenvalue weighted by Gasteiger charge is -2.19.